The van der Waals surface area contributed by atoms with Crippen LogP contribution in [0.4, 0.5) is 0 Å². The molecule has 0 aliphatic heterocycles. The second-order valence-corrected chi connectivity index (χ2v) is 5.51. The van der Waals surface area contributed by atoms with E-state index < -0.39 is 0 Å². The van der Waals surface area contributed by atoms with Crippen LogP contribution in [-0.2, 0) is 4.74 Å². The number of alkyl halides is 1. The summed E-state index contributed by atoms with van der Waals surface area (Å²) >= 11 is 4.23. The molecule has 0 heterocycles. The van der Waals surface area contributed by atoms with Crippen LogP contribution >= 0.6 is 34.4 Å². The van der Waals surface area contributed by atoms with Crippen LogP contribution in [0.2, 0.25) is 0 Å². The number of unbranched alkanes of at least 4 members (excludes halogenated alkanes) is 1. The van der Waals surface area contributed by atoms with Crippen LogP contribution in [0.3, 0.4) is 0 Å². The lowest BCUT2D eigenvalue weighted by atomic mass is 10.2. The molecule has 2 nitrogen and oxygen atoms in total. The molecule has 0 unspecified atom stereocenters. The van der Waals surface area contributed by atoms with Crippen LogP contribution in [-0.4, -0.2) is 23.3 Å². The van der Waals surface area contributed by atoms with Gasteiger partial charge in [-0.05, 0) is 47.3 Å². The number of esters is 1. The summed E-state index contributed by atoms with van der Waals surface area (Å²) < 4.78 is 5.86. The van der Waals surface area contributed by atoms with Gasteiger partial charge in [0, 0.05) is 4.90 Å². The van der Waals surface area contributed by atoms with Crippen molar-refractivity contribution in [1.29, 1.82) is 0 Å². The number of hydrogen-bond acceptors (Lipinski definition) is 3. The van der Waals surface area contributed by atoms with E-state index in [9.17, 15) is 4.79 Å². The van der Waals surface area contributed by atoms with Crippen molar-refractivity contribution < 1.29 is 9.53 Å². The van der Waals surface area contributed by atoms with Crippen LogP contribution < -0.4 is 0 Å². The maximum absolute atomic E-state index is 11.2. The first-order chi connectivity index (χ1) is 7.77. The monoisotopic (exact) mass is 350 g/mol. The lowest BCUT2D eigenvalue weighted by Crippen LogP contribution is -2.00. The number of methoxy groups -OCH3 is 1. The van der Waals surface area contributed by atoms with Crippen LogP contribution in [0.1, 0.15) is 23.2 Å². The number of ether oxygens (including phenoxy) is 1. The summed E-state index contributed by atoms with van der Waals surface area (Å²) in [6, 6.07) is 7.57. The fourth-order valence-electron chi connectivity index (χ4n) is 1.19. The zero-order valence-electron chi connectivity index (χ0n) is 9.24. The second kappa shape index (κ2) is 7.95. The van der Waals surface area contributed by atoms with E-state index in [-0.39, 0.29) is 5.97 Å². The summed E-state index contributed by atoms with van der Waals surface area (Å²) in [6.45, 7) is 0. The van der Waals surface area contributed by atoms with Crippen LogP contribution in [0.25, 0.3) is 0 Å². The van der Waals surface area contributed by atoms with Crippen LogP contribution in [0.15, 0.2) is 29.2 Å². The summed E-state index contributed by atoms with van der Waals surface area (Å²) in [7, 11) is 1.40. The molecule has 0 saturated heterocycles. The number of hydrogen-bond donors (Lipinski definition) is 0. The maximum atomic E-state index is 11.2. The minimum absolute atomic E-state index is 0.276. The van der Waals surface area contributed by atoms with Gasteiger partial charge in [0.15, 0.2) is 0 Å². The number of rotatable bonds is 6. The highest BCUT2D eigenvalue weighted by atomic mass is 127. The lowest BCUT2D eigenvalue weighted by Gasteiger charge is -2.02. The Balaban J connectivity index is 2.42. The van der Waals surface area contributed by atoms with Crippen LogP contribution in [0, 0.1) is 0 Å². The van der Waals surface area contributed by atoms with E-state index in [0.717, 1.165) is 5.75 Å². The zero-order valence-corrected chi connectivity index (χ0v) is 12.2. The van der Waals surface area contributed by atoms with E-state index in [4.69, 9.17) is 0 Å². The third-order valence-corrected chi connectivity index (χ3v) is 3.93. The Hall–Kier alpha value is -0.230. The van der Waals surface area contributed by atoms with Gasteiger partial charge < -0.3 is 4.74 Å². The van der Waals surface area contributed by atoms with E-state index in [2.05, 4.69) is 27.3 Å². The van der Waals surface area contributed by atoms with E-state index in [1.807, 2.05) is 36.0 Å². The number of halogens is 1. The van der Waals surface area contributed by atoms with Gasteiger partial charge in [-0.25, -0.2) is 4.79 Å². The normalized spacial score (nSPS) is 10.1. The average Bonchev–Trinajstić information content (AvgIpc) is 2.34. The number of carbonyl (C=O) groups excluding carboxylic acids is 1. The van der Waals surface area contributed by atoms with Crippen molar-refractivity contribution in [2.75, 3.05) is 17.3 Å². The molecule has 1 rings (SSSR count). The molecule has 0 saturated carbocycles. The SMILES string of the molecule is COC(=O)c1ccc(SCCCCI)cc1. The van der Waals surface area contributed by atoms with E-state index in [0.29, 0.717) is 5.56 Å². The first-order valence-corrected chi connectivity index (χ1v) is 7.66. The van der Waals surface area contributed by atoms with Gasteiger partial charge in [-0.3, -0.25) is 0 Å². The topological polar surface area (TPSA) is 26.3 Å². The molecular formula is C12H15IO2S. The van der Waals surface area contributed by atoms with Gasteiger partial charge in [0.1, 0.15) is 0 Å². The smallest absolute Gasteiger partial charge is 0.337 e. The minimum Gasteiger partial charge on any atom is -0.465 e. The Labute approximate surface area is 114 Å². The van der Waals surface area contributed by atoms with E-state index >= 15 is 0 Å². The van der Waals surface area contributed by atoms with Crippen molar-refractivity contribution in [3.05, 3.63) is 29.8 Å². The van der Waals surface area contributed by atoms with Gasteiger partial charge in [-0.1, -0.05) is 22.6 Å². The Kier molecular flexibility index (Phi) is 6.87. The molecule has 1 aromatic carbocycles. The molecule has 0 aromatic heterocycles. The molecule has 4 heteroatoms. The molecule has 0 N–H and O–H groups in total. The molecule has 0 spiro atoms. The van der Waals surface area contributed by atoms with Crippen molar-refractivity contribution in [2.24, 2.45) is 0 Å². The second-order valence-electron chi connectivity index (χ2n) is 3.26. The first kappa shape index (κ1) is 13.8. The van der Waals surface area contributed by atoms with Crippen molar-refractivity contribution in [3.63, 3.8) is 0 Å². The summed E-state index contributed by atoms with van der Waals surface area (Å²) in [6.07, 6.45) is 2.51. The molecular weight excluding hydrogens is 335 g/mol. The third kappa shape index (κ3) is 4.74. The Bertz CT molecular complexity index is 324. The lowest BCUT2D eigenvalue weighted by molar-refractivity contribution is 0.0600. The van der Waals surface area contributed by atoms with Crippen molar-refractivity contribution >= 4 is 40.3 Å². The van der Waals surface area contributed by atoms with Gasteiger partial charge in [-0.15, -0.1) is 11.8 Å². The standard InChI is InChI=1S/C12H15IO2S/c1-15-12(14)10-4-6-11(7-5-10)16-9-3-2-8-13/h4-7H,2-3,8-9H2,1H3. The molecule has 0 bridgehead atoms. The zero-order chi connectivity index (χ0) is 11.8. The third-order valence-electron chi connectivity index (χ3n) is 2.07. The predicted molar refractivity (Wildman–Crippen MR) is 76.6 cm³/mol. The fourth-order valence-corrected chi connectivity index (χ4v) is 2.64. The average molecular weight is 350 g/mol. The van der Waals surface area contributed by atoms with E-state index in [1.165, 1.54) is 29.3 Å². The maximum Gasteiger partial charge on any atom is 0.337 e. The van der Waals surface area contributed by atoms with Gasteiger partial charge in [0.25, 0.3) is 0 Å². The van der Waals surface area contributed by atoms with Crippen LogP contribution in [0.5, 0.6) is 0 Å². The van der Waals surface area contributed by atoms with Crippen molar-refractivity contribution in [1.82, 2.24) is 0 Å². The molecule has 0 atom stereocenters. The molecule has 0 radical (unpaired) electrons. The van der Waals surface area contributed by atoms with Crippen molar-refractivity contribution in [3.8, 4) is 0 Å². The fraction of sp³-hybridized carbons (Fsp3) is 0.417. The molecule has 0 fully saturated rings. The van der Waals surface area contributed by atoms with Gasteiger partial charge in [-0.2, -0.15) is 0 Å². The number of carbonyl (C=O) groups is 1. The molecule has 16 heavy (non-hydrogen) atoms. The van der Waals surface area contributed by atoms with Gasteiger partial charge >= 0.3 is 5.97 Å². The molecule has 1 aromatic rings. The first-order valence-electron chi connectivity index (χ1n) is 5.15. The summed E-state index contributed by atoms with van der Waals surface area (Å²) in [5.74, 6) is 0.863. The Morgan fingerprint density at radius 2 is 2.00 bits per heavy atom. The highest BCUT2D eigenvalue weighted by Gasteiger charge is 2.04. The largest absolute Gasteiger partial charge is 0.465 e. The number of benzene rings is 1. The molecule has 0 aliphatic carbocycles. The molecule has 88 valence electrons. The highest BCUT2D eigenvalue weighted by Crippen LogP contribution is 2.20. The molecule has 0 amide bonds. The Morgan fingerprint density at radius 3 is 2.56 bits per heavy atom. The summed E-state index contributed by atoms with van der Waals surface area (Å²) in [5, 5.41) is 0. The Morgan fingerprint density at radius 1 is 1.31 bits per heavy atom. The highest BCUT2D eigenvalue weighted by molar-refractivity contribution is 14.1. The van der Waals surface area contributed by atoms with E-state index in [1.54, 1.807) is 0 Å². The van der Waals surface area contributed by atoms with Crippen molar-refractivity contribution in [2.45, 2.75) is 17.7 Å². The van der Waals surface area contributed by atoms with Gasteiger partial charge in [0.05, 0.1) is 12.7 Å². The summed E-state index contributed by atoms with van der Waals surface area (Å²) in [4.78, 5) is 12.4. The minimum atomic E-state index is -0.276. The summed E-state index contributed by atoms with van der Waals surface area (Å²) in [5.41, 5.74) is 0.610. The quantitative estimate of drug-likeness (QED) is 0.257. The molecule has 0 aliphatic rings. The predicted octanol–water partition coefficient (Wildman–Crippen LogP) is 3.78. The van der Waals surface area contributed by atoms with Gasteiger partial charge in [0.2, 0.25) is 0 Å². The number of thioether (sulfide) groups is 1.